The lowest BCUT2D eigenvalue weighted by atomic mass is 10.1. The monoisotopic (exact) mass is 275 g/mol. The Hall–Kier alpha value is -0.460. The van der Waals surface area contributed by atoms with E-state index in [1.54, 1.807) is 4.68 Å². The van der Waals surface area contributed by atoms with Crippen molar-refractivity contribution in [1.82, 2.24) is 14.8 Å². The molecule has 0 aromatic carbocycles. The SMILES string of the molecule is OCCn1nc(Br)nc1C1CCCC1O. The van der Waals surface area contributed by atoms with Gasteiger partial charge in [-0.3, -0.25) is 0 Å². The summed E-state index contributed by atoms with van der Waals surface area (Å²) in [6.07, 6.45) is 2.47. The Kier molecular flexibility index (Phi) is 3.38. The molecule has 84 valence electrons. The summed E-state index contributed by atoms with van der Waals surface area (Å²) < 4.78 is 2.19. The molecule has 2 atom stereocenters. The molecule has 0 aliphatic heterocycles. The normalized spacial score (nSPS) is 26.1. The number of aliphatic hydroxyl groups excluding tert-OH is 2. The third-order valence-corrected chi connectivity index (χ3v) is 3.13. The van der Waals surface area contributed by atoms with E-state index in [4.69, 9.17) is 5.11 Å². The Labute approximate surface area is 96.3 Å². The zero-order valence-electron chi connectivity index (χ0n) is 8.30. The lowest BCUT2D eigenvalue weighted by molar-refractivity contribution is 0.157. The van der Waals surface area contributed by atoms with Crippen molar-refractivity contribution in [1.29, 1.82) is 0 Å². The summed E-state index contributed by atoms with van der Waals surface area (Å²) in [5, 5.41) is 22.8. The number of aliphatic hydroxyl groups is 2. The van der Waals surface area contributed by atoms with Gasteiger partial charge in [-0.05, 0) is 28.8 Å². The van der Waals surface area contributed by atoms with E-state index in [2.05, 4.69) is 26.0 Å². The highest BCUT2D eigenvalue weighted by Gasteiger charge is 2.31. The lowest BCUT2D eigenvalue weighted by Crippen LogP contribution is -2.18. The minimum absolute atomic E-state index is 0.0333. The predicted molar refractivity (Wildman–Crippen MR) is 57.4 cm³/mol. The fourth-order valence-electron chi connectivity index (χ4n) is 2.10. The number of hydrogen-bond acceptors (Lipinski definition) is 4. The first-order valence-corrected chi connectivity index (χ1v) is 5.91. The van der Waals surface area contributed by atoms with Gasteiger partial charge in [0.05, 0.1) is 19.3 Å². The van der Waals surface area contributed by atoms with Gasteiger partial charge in [-0.15, -0.1) is 5.10 Å². The standard InChI is InChI=1S/C9H14BrN3O2/c10-9-11-8(13(12-9)4-5-14)6-2-1-3-7(6)15/h6-7,14-15H,1-5H2. The summed E-state index contributed by atoms with van der Waals surface area (Å²) in [4.78, 5) is 4.26. The maximum absolute atomic E-state index is 9.79. The molecule has 1 heterocycles. The molecule has 2 N–H and O–H groups in total. The third-order valence-electron chi connectivity index (χ3n) is 2.80. The molecule has 0 amide bonds. The highest BCUT2D eigenvalue weighted by molar-refractivity contribution is 9.10. The van der Waals surface area contributed by atoms with Crippen molar-refractivity contribution in [2.75, 3.05) is 6.61 Å². The van der Waals surface area contributed by atoms with Crippen LogP contribution in [-0.4, -0.2) is 37.7 Å². The van der Waals surface area contributed by atoms with Gasteiger partial charge >= 0.3 is 0 Å². The van der Waals surface area contributed by atoms with Gasteiger partial charge in [0.15, 0.2) is 0 Å². The highest BCUT2D eigenvalue weighted by atomic mass is 79.9. The first-order valence-electron chi connectivity index (χ1n) is 5.11. The Morgan fingerprint density at radius 2 is 2.27 bits per heavy atom. The van der Waals surface area contributed by atoms with E-state index < -0.39 is 0 Å². The van der Waals surface area contributed by atoms with Crippen LogP contribution < -0.4 is 0 Å². The molecule has 0 radical (unpaired) electrons. The Morgan fingerprint density at radius 3 is 2.87 bits per heavy atom. The summed E-state index contributed by atoms with van der Waals surface area (Å²) in [5.74, 6) is 0.844. The van der Waals surface area contributed by atoms with Crippen LogP contribution in [-0.2, 0) is 6.54 Å². The van der Waals surface area contributed by atoms with Crippen molar-refractivity contribution in [3.8, 4) is 0 Å². The van der Waals surface area contributed by atoms with E-state index in [9.17, 15) is 5.11 Å². The molecule has 5 nitrogen and oxygen atoms in total. The zero-order valence-corrected chi connectivity index (χ0v) is 9.89. The van der Waals surface area contributed by atoms with Crippen LogP contribution in [0.2, 0.25) is 0 Å². The molecular weight excluding hydrogens is 262 g/mol. The fourth-order valence-corrected chi connectivity index (χ4v) is 2.47. The molecule has 1 aliphatic rings. The minimum atomic E-state index is -0.321. The first kappa shape index (κ1) is 11.0. The molecule has 0 spiro atoms. The zero-order chi connectivity index (χ0) is 10.8. The maximum Gasteiger partial charge on any atom is 0.217 e. The Morgan fingerprint density at radius 1 is 1.47 bits per heavy atom. The number of nitrogens with zero attached hydrogens (tertiary/aromatic N) is 3. The molecule has 2 rings (SSSR count). The molecule has 1 aromatic heterocycles. The van der Waals surface area contributed by atoms with Crippen molar-refractivity contribution >= 4 is 15.9 Å². The number of halogens is 1. The molecule has 0 saturated heterocycles. The summed E-state index contributed by atoms with van der Waals surface area (Å²) in [6.45, 7) is 0.461. The second kappa shape index (κ2) is 4.59. The van der Waals surface area contributed by atoms with Gasteiger partial charge in [-0.25, -0.2) is 9.67 Å². The molecule has 2 unspecified atom stereocenters. The average molecular weight is 276 g/mol. The second-order valence-corrected chi connectivity index (χ2v) is 4.50. The predicted octanol–water partition coefficient (Wildman–Crippen LogP) is 0.661. The van der Waals surface area contributed by atoms with Crippen molar-refractivity contribution in [2.24, 2.45) is 0 Å². The van der Waals surface area contributed by atoms with Gasteiger partial charge in [-0.2, -0.15) is 0 Å². The summed E-state index contributed by atoms with van der Waals surface area (Å²) in [6, 6.07) is 0. The molecule has 1 fully saturated rings. The van der Waals surface area contributed by atoms with Crippen molar-refractivity contribution in [2.45, 2.75) is 37.8 Å². The quantitative estimate of drug-likeness (QED) is 0.850. The Bertz CT molecular complexity index is 342. The topological polar surface area (TPSA) is 71.2 Å². The van der Waals surface area contributed by atoms with Gasteiger partial charge in [0.25, 0.3) is 0 Å². The van der Waals surface area contributed by atoms with Crippen LogP contribution in [0.1, 0.15) is 31.0 Å². The minimum Gasteiger partial charge on any atom is -0.394 e. The van der Waals surface area contributed by atoms with Gasteiger partial charge < -0.3 is 10.2 Å². The maximum atomic E-state index is 9.79. The largest absolute Gasteiger partial charge is 0.394 e. The molecule has 1 aromatic rings. The van der Waals surface area contributed by atoms with Crippen molar-refractivity contribution in [3.05, 3.63) is 10.6 Å². The number of hydrogen-bond donors (Lipinski definition) is 2. The van der Waals surface area contributed by atoms with E-state index >= 15 is 0 Å². The van der Waals surface area contributed by atoms with Crippen LogP contribution in [0.4, 0.5) is 0 Å². The summed E-state index contributed by atoms with van der Waals surface area (Å²) in [7, 11) is 0. The first-order chi connectivity index (χ1) is 7.22. The number of aromatic nitrogens is 3. The third kappa shape index (κ3) is 2.21. The second-order valence-electron chi connectivity index (χ2n) is 3.79. The van der Waals surface area contributed by atoms with Crippen LogP contribution in [0.25, 0.3) is 0 Å². The lowest BCUT2D eigenvalue weighted by Gasteiger charge is -2.14. The molecular formula is C9H14BrN3O2. The number of rotatable bonds is 3. The van der Waals surface area contributed by atoms with Gasteiger partial charge in [0.2, 0.25) is 4.73 Å². The molecule has 15 heavy (non-hydrogen) atoms. The van der Waals surface area contributed by atoms with E-state index in [1.165, 1.54) is 0 Å². The van der Waals surface area contributed by atoms with Crippen molar-refractivity contribution < 1.29 is 10.2 Å². The molecule has 1 aliphatic carbocycles. The van der Waals surface area contributed by atoms with E-state index in [0.717, 1.165) is 25.1 Å². The van der Waals surface area contributed by atoms with Crippen LogP contribution >= 0.6 is 15.9 Å². The van der Waals surface area contributed by atoms with Crippen LogP contribution in [0.15, 0.2) is 4.73 Å². The van der Waals surface area contributed by atoms with Crippen LogP contribution in [0, 0.1) is 0 Å². The van der Waals surface area contributed by atoms with Crippen LogP contribution in [0.5, 0.6) is 0 Å². The summed E-state index contributed by atoms with van der Waals surface area (Å²) >= 11 is 3.21. The van der Waals surface area contributed by atoms with Gasteiger partial charge in [0, 0.05) is 5.92 Å². The molecule has 6 heteroatoms. The molecule has 1 saturated carbocycles. The van der Waals surface area contributed by atoms with E-state index in [1.807, 2.05) is 0 Å². The van der Waals surface area contributed by atoms with E-state index in [0.29, 0.717) is 11.3 Å². The fraction of sp³-hybridized carbons (Fsp3) is 0.778. The van der Waals surface area contributed by atoms with Crippen molar-refractivity contribution in [3.63, 3.8) is 0 Å². The summed E-state index contributed by atoms with van der Waals surface area (Å²) in [5.41, 5.74) is 0. The molecule has 0 bridgehead atoms. The van der Waals surface area contributed by atoms with Crippen LogP contribution in [0.3, 0.4) is 0 Å². The average Bonchev–Trinajstić information content (AvgIpc) is 2.73. The smallest absolute Gasteiger partial charge is 0.217 e. The van der Waals surface area contributed by atoms with Gasteiger partial charge in [-0.1, -0.05) is 6.42 Å². The van der Waals surface area contributed by atoms with E-state index in [-0.39, 0.29) is 18.6 Å². The van der Waals surface area contributed by atoms with Gasteiger partial charge in [0.1, 0.15) is 5.82 Å². The Balaban J connectivity index is 2.25. The highest BCUT2D eigenvalue weighted by Crippen LogP contribution is 2.33.